The lowest BCUT2D eigenvalue weighted by atomic mass is 10.1. The van der Waals surface area contributed by atoms with Gasteiger partial charge in [0.05, 0.1) is 16.0 Å². The van der Waals surface area contributed by atoms with Crippen LogP contribution in [0.3, 0.4) is 0 Å². The Bertz CT molecular complexity index is 1190. The Hall–Kier alpha value is -1.94. The van der Waals surface area contributed by atoms with Crippen LogP contribution in [-0.2, 0) is 19.9 Å². The van der Waals surface area contributed by atoms with Crippen molar-refractivity contribution in [3.63, 3.8) is 0 Å². The zero-order chi connectivity index (χ0) is 23.5. The average molecular weight is 499 g/mol. The molecular weight excluding hydrogens is 472 g/mol. The Balaban J connectivity index is 1.80. The molecule has 2 aromatic rings. The second-order valence-corrected chi connectivity index (χ2v) is 12.3. The van der Waals surface area contributed by atoms with E-state index in [1.807, 2.05) is 0 Å². The number of carbonyl (C=O) groups excluding carboxylic acids is 1. The highest BCUT2D eigenvalue weighted by atomic mass is 35.5. The number of amides is 1. The summed E-state index contributed by atoms with van der Waals surface area (Å²) < 4.78 is 51.0. The number of sulfonamides is 1. The highest BCUT2D eigenvalue weighted by Gasteiger charge is 2.28. The molecule has 1 aliphatic rings. The lowest BCUT2D eigenvalue weighted by Gasteiger charge is -2.21. The van der Waals surface area contributed by atoms with E-state index >= 15 is 0 Å². The van der Waals surface area contributed by atoms with Crippen molar-refractivity contribution in [2.24, 2.45) is 0 Å². The molecule has 1 N–H and O–H groups in total. The van der Waals surface area contributed by atoms with E-state index in [2.05, 4.69) is 5.32 Å². The zero-order valence-electron chi connectivity index (χ0n) is 18.0. The largest absolute Gasteiger partial charge is 0.346 e. The molecule has 10 heteroatoms. The Kier molecular flexibility index (Phi) is 7.65. The van der Waals surface area contributed by atoms with Crippen molar-refractivity contribution < 1.29 is 21.6 Å². The number of nitrogens with zero attached hydrogens (tertiary/aromatic N) is 1. The molecule has 2 aromatic carbocycles. The Labute approximate surface area is 194 Å². The van der Waals surface area contributed by atoms with E-state index in [9.17, 15) is 21.6 Å². The van der Waals surface area contributed by atoms with Crippen LogP contribution in [0.25, 0.3) is 0 Å². The number of sulfone groups is 1. The molecule has 1 atom stereocenters. The van der Waals surface area contributed by atoms with Crippen molar-refractivity contribution in [3.8, 4) is 0 Å². The van der Waals surface area contributed by atoms with E-state index in [0.29, 0.717) is 13.1 Å². The van der Waals surface area contributed by atoms with Crippen LogP contribution in [0.1, 0.15) is 54.6 Å². The van der Waals surface area contributed by atoms with Crippen LogP contribution in [0.4, 0.5) is 0 Å². The van der Waals surface area contributed by atoms with E-state index in [1.54, 1.807) is 19.1 Å². The van der Waals surface area contributed by atoms with Crippen LogP contribution in [0, 0.1) is 0 Å². The van der Waals surface area contributed by atoms with Crippen LogP contribution >= 0.6 is 11.6 Å². The maximum atomic E-state index is 13.2. The topological polar surface area (TPSA) is 101 Å². The van der Waals surface area contributed by atoms with Gasteiger partial charge in [-0.15, -0.1) is 0 Å². The summed E-state index contributed by atoms with van der Waals surface area (Å²) >= 11 is 6.21. The number of hydrogen-bond acceptors (Lipinski definition) is 5. The molecule has 1 heterocycles. The molecule has 32 heavy (non-hydrogen) atoms. The van der Waals surface area contributed by atoms with E-state index < -0.39 is 31.8 Å². The van der Waals surface area contributed by atoms with Crippen molar-refractivity contribution in [2.45, 2.75) is 48.4 Å². The first-order valence-corrected chi connectivity index (χ1v) is 14.1. The van der Waals surface area contributed by atoms with Gasteiger partial charge >= 0.3 is 0 Å². The molecule has 0 saturated carbocycles. The van der Waals surface area contributed by atoms with E-state index in [4.69, 9.17) is 11.6 Å². The molecule has 0 aromatic heterocycles. The summed E-state index contributed by atoms with van der Waals surface area (Å²) in [5, 5.41) is 2.90. The van der Waals surface area contributed by atoms with Gasteiger partial charge < -0.3 is 5.32 Å². The van der Waals surface area contributed by atoms with Crippen LogP contribution < -0.4 is 5.32 Å². The van der Waals surface area contributed by atoms with Crippen LogP contribution in [-0.4, -0.2) is 46.4 Å². The minimum absolute atomic E-state index is 0.0705. The fourth-order valence-electron chi connectivity index (χ4n) is 3.63. The third-order valence-corrected chi connectivity index (χ3v) is 9.04. The van der Waals surface area contributed by atoms with Gasteiger partial charge in [0.25, 0.3) is 5.91 Å². The lowest BCUT2D eigenvalue weighted by molar-refractivity contribution is 0.0939. The monoisotopic (exact) mass is 498 g/mol. The first-order chi connectivity index (χ1) is 15.0. The number of benzene rings is 2. The molecule has 174 valence electrons. The number of halogens is 1. The van der Waals surface area contributed by atoms with E-state index in [0.717, 1.165) is 37.5 Å². The van der Waals surface area contributed by atoms with Crippen molar-refractivity contribution in [2.75, 3.05) is 19.3 Å². The van der Waals surface area contributed by atoms with Gasteiger partial charge in [-0.3, -0.25) is 4.79 Å². The Morgan fingerprint density at radius 2 is 1.56 bits per heavy atom. The number of carbonyl (C=O) groups is 1. The molecule has 0 spiro atoms. The van der Waals surface area contributed by atoms with Crippen molar-refractivity contribution in [3.05, 3.63) is 58.6 Å². The highest BCUT2D eigenvalue weighted by molar-refractivity contribution is 7.90. The highest BCUT2D eigenvalue weighted by Crippen LogP contribution is 2.28. The predicted molar refractivity (Wildman–Crippen MR) is 124 cm³/mol. The van der Waals surface area contributed by atoms with Gasteiger partial charge in [-0.05, 0) is 55.7 Å². The summed E-state index contributed by atoms with van der Waals surface area (Å²) in [6.07, 6.45) is 4.71. The second kappa shape index (κ2) is 9.91. The predicted octanol–water partition coefficient (Wildman–Crippen LogP) is 3.80. The minimum Gasteiger partial charge on any atom is -0.346 e. The normalized spacial score (nSPS) is 16.8. The molecule has 3 rings (SSSR count). The van der Waals surface area contributed by atoms with Gasteiger partial charge in [-0.1, -0.05) is 36.6 Å². The van der Waals surface area contributed by atoms with Crippen LogP contribution in [0.15, 0.2) is 52.3 Å². The zero-order valence-corrected chi connectivity index (χ0v) is 20.4. The Morgan fingerprint density at radius 1 is 0.969 bits per heavy atom. The fourth-order valence-corrected chi connectivity index (χ4v) is 6.28. The fraction of sp³-hybridized carbons (Fsp3) is 0.409. The minimum atomic E-state index is -3.81. The second-order valence-electron chi connectivity index (χ2n) is 8.00. The maximum Gasteiger partial charge on any atom is 0.251 e. The molecule has 0 aliphatic carbocycles. The smallest absolute Gasteiger partial charge is 0.251 e. The third kappa shape index (κ3) is 5.70. The lowest BCUT2D eigenvalue weighted by Crippen LogP contribution is -2.32. The number of rotatable bonds is 6. The summed E-state index contributed by atoms with van der Waals surface area (Å²) in [6.45, 7) is 2.64. The molecular formula is C22H27ClN2O5S2. The van der Waals surface area contributed by atoms with Crippen molar-refractivity contribution in [1.29, 1.82) is 0 Å². The first-order valence-electron chi connectivity index (χ1n) is 10.4. The molecule has 0 radical (unpaired) electrons. The van der Waals surface area contributed by atoms with Gasteiger partial charge in [0.2, 0.25) is 10.0 Å². The maximum absolute atomic E-state index is 13.2. The first kappa shape index (κ1) is 24.7. The van der Waals surface area contributed by atoms with Crippen LogP contribution in [0.5, 0.6) is 0 Å². The van der Waals surface area contributed by atoms with Crippen LogP contribution in [0.2, 0.25) is 5.02 Å². The molecule has 7 nitrogen and oxygen atoms in total. The van der Waals surface area contributed by atoms with Gasteiger partial charge in [0.1, 0.15) is 4.90 Å². The number of nitrogens with one attached hydrogen (secondary N) is 1. The molecule has 1 saturated heterocycles. The molecule has 0 unspecified atom stereocenters. The summed E-state index contributed by atoms with van der Waals surface area (Å²) in [4.78, 5) is 12.9. The summed E-state index contributed by atoms with van der Waals surface area (Å²) in [7, 11) is -7.11. The molecule has 1 amide bonds. The molecule has 1 aliphatic heterocycles. The van der Waals surface area contributed by atoms with E-state index in [1.165, 1.54) is 34.6 Å². The van der Waals surface area contributed by atoms with E-state index in [-0.39, 0.29) is 20.4 Å². The van der Waals surface area contributed by atoms with Crippen molar-refractivity contribution in [1.82, 2.24) is 9.62 Å². The van der Waals surface area contributed by atoms with Gasteiger partial charge in [-0.2, -0.15) is 4.31 Å². The summed E-state index contributed by atoms with van der Waals surface area (Å²) in [6, 6.07) is 10.1. The van der Waals surface area contributed by atoms with Crippen molar-refractivity contribution >= 4 is 37.4 Å². The molecule has 1 fully saturated rings. The quantitative estimate of drug-likeness (QED) is 0.652. The standard InChI is InChI=1S/C22H27ClN2O5S2/c1-16(17-7-10-19(11-8-17)31(2,27)28)24-22(26)18-9-12-20(23)21(15-18)32(29,30)25-13-5-3-4-6-14-25/h7-12,15-16H,3-6,13-14H2,1-2H3,(H,24,26)/t16-/m0/s1. The molecule has 0 bridgehead atoms. The Morgan fingerprint density at radius 3 is 2.12 bits per heavy atom. The SMILES string of the molecule is C[C@H](NC(=O)c1ccc(Cl)c(S(=O)(=O)N2CCCCCC2)c1)c1ccc(S(C)(=O)=O)cc1. The average Bonchev–Trinajstić information content (AvgIpc) is 3.03. The van der Waals surface area contributed by atoms with Gasteiger partial charge in [0, 0.05) is 24.9 Å². The summed E-state index contributed by atoms with van der Waals surface area (Å²) in [5.74, 6) is -0.450. The summed E-state index contributed by atoms with van der Waals surface area (Å²) in [5.41, 5.74) is 0.902. The van der Waals surface area contributed by atoms with Gasteiger partial charge in [0.15, 0.2) is 9.84 Å². The number of hydrogen-bond donors (Lipinski definition) is 1. The van der Waals surface area contributed by atoms with Gasteiger partial charge in [-0.25, -0.2) is 16.8 Å². The third-order valence-electron chi connectivity index (χ3n) is 5.53.